The van der Waals surface area contributed by atoms with E-state index in [4.69, 9.17) is 4.18 Å². The number of aromatic amines is 1. The summed E-state index contributed by atoms with van der Waals surface area (Å²) in [6, 6.07) is 9.32. The molecule has 0 aliphatic carbocycles. The van der Waals surface area contributed by atoms with Gasteiger partial charge in [0.2, 0.25) is 5.43 Å². The van der Waals surface area contributed by atoms with E-state index in [-0.39, 0.29) is 18.1 Å². The van der Waals surface area contributed by atoms with E-state index in [1.165, 1.54) is 6.20 Å². The number of nitrogens with zero attached hydrogens (tertiary/aromatic N) is 3. The summed E-state index contributed by atoms with van der Waals surface area (Å²) in [7, 11) is -3.69. The Hall–Kier alpha value is -2.98. The van der Waals surface area contributed by atoms with Crippen molar-refractivity contribution in [2.24, 2.45) is 0 Å². The lowest BCUT2D eigenvalue weighted by Crippen LogP contribution is -2.26. The molecule has 0 saturated carbocycles. The lowest BCUT2D eigenvalue weighted by molar-refractivity contribution is 0.190. The van der Waals surface area contributed by atoms with Gasteiger partial charge >= 0.3 is 0 Å². The summed E-state index contributed by atoms with van der Waals surface area (Å²) in [6.45, 7) is 0.133. The van der Waals surface area contributed by atoms with E-state index in [0.29, 0.717) is 6.42 Å². The molecule has 0 spiro atoms. The summed E-state index contributed by atoms with van der Waals surface area (Å²) in [6.07, 6.45) is 4.66. The summed E-state index contributed by atoms with van der Waals surface area (Å²) in [5, 5.41) is 16.2. The number of hydrogen-bond donors (Lipinski definition) is 2. The Kier molecular flexibility index (Phi) is 5.38. The minimum absolute atomic E-state index is 0.0466. The van der Waals surface area contributed by atoms with Crippen LogP contribution < -0.4 is 5.43 Å². The van der Waals surface area contributed by atoms with E-state index in [1.54, 1.807) is 10.8 Å². The highest BCUT2D eigenvalue weighted by atomic mass is 32.2. The van der Waals surface area contributed by atoms with Gasteiger partial charge in [0.15, 0.2) is 11.6 Å². The molecule has 2 aromatic heterocycles. The Morgan fingerprint density at radius 2 is 2.04 bits per heavy atom. The largest absolute Gasteiger partial charge is 0.503 e. The lowest BCUT2D eigenvalue weighted by atomic mass is 10.1. The second kappa shape index (κ2) is 7.72. The van der Waals surface area contributed by atoms with Gasteiger partial charge in [-0.25, -0.2) is 4.98 Å². The van der Waals surface area contributed by atoms with Gasteiger partial charge in [-0.2, -0.15) is 13.5 Å². The van der Waals surface area contributed by atoms with E-state index >= 15 is 0 Å². The van der Waals surface area contributed by atoms with Gasteiger partial charge < -0.3 is 9.67 Å². The molecule has 3 aromatic rings. The molecule has 1 unspecified atom stereocenters. The van der Waals surface area contributed by atoms with Gasteiger partial charge in [0.05, 0.1) is 25.1 Å². The molecule has 0 fully saturated rings. The Morgan fingerprint density at radius 3 is 2.74 bits per heavy atom. The van der Waals surface area contributed by atoms with Crippen LogP contribution in [0.1, 0.15) is 5.56 Å². The molecule has 142 valence electrons. The zero-order valence-corrected chi connectivity index (χ0v) is 15.3. The maximum Gasteiger partial charge on any atom is 0.264 e. The van der Waals surface area contributed by atoms with Crippen molar-refractivity contribution in [3.63, 3.8) is 0 Å². The fraction of sp³-hybridized carbons (Fsp3) is 0.235. The Morgan fingerprint density at radius 1 is 1.30 bits per heavy atom. The van der Waals surface area contributed by atoms with Gasteiger partial charge in [-0.1, -0.05) is 30.3 Å². The average molecular weight is 390 g/mol. The van der Waals surface area contributed by atoms with Crippen molar-refractivity contribution in [1.29, 1.82) is 0 Å². The van der Waals surface area contributed by atoms with Gasteiger partial charge in [-0.05, 0) is 5.56 Å². The minimum atomic E-state index is -3.69. The molecular formula is C17H18N4O5S. The van der Waals surface area contributed by atoms with Crippen molar-refractivity contribution in [2.75, 3.05) is 6.26 Å². The summed E-state index contributed by atoms with van der Waals surface area (Å²) < 4.78 is 30.2. The number of rotatable bonds is 7. The first-order valence-corrected chi connectivity index (χ1v) is 9.85. The first-order valence-electron chi connectivity index (χ1n) is 8.04. The number of nitrogens with one attached hydrogen (secondary N) is 1. The Labute approximate surface area is 155 Å². The van der Waals surface area contributed by atoms with E-state index in [2.05, 4.69) is 15.2 Å². The molecule has 10 heteroatoms. The van der Waals surface area contributed by atoms with Crippen molar-refractivity contribution in [1.82, 2.24) is 19.7 Å². The molecule has 0 amide bonds. The number of H-pyrrole nitrogens is 1. The third-order valence-corrected chi connectivity index (χ3v) is 4.41. The average Bonchev–Trinajstić information content (AvgIpc) is 3.04. The third-order valence-electron chi connectivity index (χ3n) is 3.78. The number of benzene rings is 1. The van der Waals surface area contributed by atoms with Crippen LogP contribution in [-0.2, 0) is 27.3 Å². The van der Waals surface area contributed by atoms with Crippen LogP contribution in [0.4, 0.5) is 0 Å². The lowest BCUT2D eigenvalue weighted by Gasteiger charge is -2.18. The minimum Gasteiger partial charge on any atom is -0.503 e. The molecule has 2 heterocycles. The molecule has 2 N–H and O–H groups in total. The van der Waals surface area contributed by atoms with Crippen molar-refractivity contribution >= 4 is 10.1 Å². The van der Waals surface area contributed by atoms with Crippen molar-refractivity contribution < 1.29 is 17.7 Å². The molecule has 0 radical (unpaired) electrons. The maximum atomic E-state index is 11.7. The SMILES string of the molecule is CS(=O)(=O)OC(Cc1ccccc1)Cn1ccnc1-c1[nH]ncc(=O)c1O. The normalized spacial score (nSPS) is 12.8. The van der Waals surface area contributed by atoms with E-state index in [9.17, 15) is 18.3 Å². The standard InChI is InChI=1S/C17H18N4O5S/c1-27(24,25)26-13(9-12-5-3-2-4-6-12)11-21-8-7-18-17(21)15-16(23)14(22)10-19-20-15/h2-8,10,13H,9,11H2,1H3,(H,19,23)(H,20,22). The summed E-state index contributed by atoms with van der Waals surface area (Å²) in [5.74, 6) is -0.269. The van der Waals surface area contributed by atoms with Gasteiger partial charge in [-0.15, -0.1) is 0 Å². The van der Waals surface area contributed by atoms with Crippen LogP contribution in [0.3, 0.4) is 0 Å². The Bertz CT molecular complexity index is 1080. The highest BCUT2D eigenvalue weighted by Gasteiger charge is 2.21. The highest BCUT2D eigenvalue weighted by Crippen LogP contribution is 2.22. The van der Waals surface area contributed by atoms with Crippen LogP contribution in [-0.4, -0.2) is 45.6 Å². The monoisotopic (exact) mass is 390 g/mol. The first-order chi connectivity index (χ1) is 12.8. The summed E-state index contributed by atoms with van der Waals surface area (Å²) in [5.41, 5.74) is 0.308. The zero-order valence-electron chi connectivity index (χ0n) is 14.4. The number of imidazole rings is 1. The van der Waals surface area contributed by atoms with E-state index in [1.807, 2.05) is 30.3 Å². The van der Waals surface area contributed by atoms with Crippen molar-refractivity contribution in [3.05, 3.63) is 64.7 Å². The van der Waals surface area contributed by atoms with E-state index < -0.39 is 27.4 Å². The molecule has 0 bridgehead atoms. The van der Waals surface area contributed by atoms with Crippen LogP contribution in [0.2, 0.25) is 0 Å². The molecule has 0 aliphatic rings. The van der Waals surface area contributed by atoms with Crippen LogP contribution in [0, 0.1) is 0 Å². The van der Waals surface area contributed by atoms with Gasteiger partial charge in [0.1, 0.15) is 5.69 Å². The zero-order chi connectivity index (χ0) is 19.4. The molecule has 0 saturated heterocycles. The summed E-state index contributed by atoms with van der Waals surface area (Å²) >= 11 is 0. The molecule has 27 heavy (non-hydrogen) atoms. The van der Waals surface area contributed by atoms with Crippen molar-refractivity contribution in [2.45, 2.75) is 19.1 Å². The molecule has 9 nitrogen and oxygen atoms in total. The summed E-state index contributed by atoms with van der Waals surface area (Å²) in [4.78, 5) is 15.8. The fourth-order valence-electron chi connectivity index (χ4n) is 2.71. The Balaban J connectivity index is 1.92. The highest BCUT2D eigenvalue weighted by molar-refractivity contribution is 7.86. The predicted molar refractivity (Wildman–Crippen MR) is 97.6 cm³/mol. The van der Waals surface area contributed by atoms with Gasteiger partial charge in [0.25, 0.3) is 10.1 Å². The fourth-order valence-corrected chi connectivity index (χ4v) is 3.33. The van der Waals surface area contributed by atoms with Gasteiger partial charge in [-0.3, -0.25) is 14.1 Å². The number of aromatic hydroxyl groups is 1. The van der Waals surface area contributed by atoms with Crippen LogP contribution in [0.25, 0.3) is 11.5 Å². The maximum absolute atomic E-state index is 11.7. The quantitative estimate of drug-likeness (QED) is 0.574. The smallest absolute Gasteiger partial charge is 0.264 e. The molecule has 3 rings (SSSR count). The molecular weight excluding hydrogens is 372 g/mol. The second-order valence-corrected chi connectivity index (χ2v) is 7.57. The predicted octanol–water partition coefficient (Wildman–Crippen LogP) is 0.926. The van der Waals surface area contributed by atoms with Gasteiger partial charge in [0, 0.05) is 18.8 Å². The third kappa shape index (κ3) is 4.80. The van der Waals surface area contributed by atoms with Crippen LogP contribution >= 0.6 is 0 Å². The number of aromatic nitrogens is 4. The van der Waals surface area contributed by atoms with Crippen LogP contribution in [0.5, 0.6) is 5.75 Å². The molecule has 0 aliphatic heterocycles. The second-order valence-electron chi connectivity index (χ2n) is 5.97. The van der Waals surface area contributed by atoms with E-state index in [0.717, 1.165) is 18.0 Å². The molecule has 1 atom stereocenters. The van der Waals surface area contributed by atoms with Crippen LogP contribution in [0.15, 0.2) is 53.7 Å². The molecule has 1 aromatic carbocycles. The topological polar surface area (TPSA) is 127 Å². The first kappa shape index (κ1) is 18.8. The number of hydrogen-bond acceptors (Lipinski definition) is 7. The van der Waals surface area contributed by atoms with Crippen molar-refractivity contribution in [3.8, 4) is 17.3 Å².